The Balaban J connectivity index is 2.04. The van der Waals surface area contributed by atoms with Crippen molar-refractivity contribution in [3.63, 3.8) is 0 Å². The minimum Gasteiger partial charge on any atom is -0.486 e. The Kier molecular flexibility index (Phi) is 5.47. The number of nitrogens with one attached hydrogen (secondary N) is 1. The standard InChI is InChI=1S/C15H20Cl3NO/c1-10(2)19-7-6-15(4-3-5-15)20-14-9-12(17)11(16)8-13(14)18/h8-10,19H,3-7H2,1-2H3. The van der Waals surface area contributed by atoms with E-state index in [-0.39, 0.29) is 5.60 Å². The van der Waals surface area contributed by atoms with Crippen LogP contribution in [0.4, 0.5) is 0 Å². The second-order valence-corrected chi connectivity index (χ2v) is 6.92. The highest BCUT2D eigenvalue weighted by atomic mass is 35.5. The van der Waals surface area contributed by atoms with Crippen molar-refractivity contribution in [2.45, 2.75) is 51.2 Å². The molecule has 2 nitrogen and oxygen atoms in total. The first-order valence-electron chi connectivity index (χ1n) is 6.99. The van der Waals surface area contributed by atoms with Crippen LogP contribution in [0.2, 0.25) is 15.1 Å². The van der Waals surface area contributed by atoms with Gasteiger partial charge in [-0.3, -0.25) is 0 Å². The molecular formula is C15H20Cl3NO. The zero-order chi connectivity index (χ0) is 14.8. The fraction of sp³-hybridized carbons (Fsp3) is 0.600. The van der Waals surface area contributed by atoms with Crippen molar-refractivity contribution in [2.24, 2.45) is 0 Å². The molecule has 0 aliphatic heterocycles. The van der Waals surface area contributed by atoms with Gasteiger partial charge in [0, 0.05) is 12.1 Å². The van der Waals surface area contributed by atoms with E-state index < -0.39 is 0 Å². The van der Waals surface area contributed by atoms with Crippen LogP contribution < -0.4 is 10.1 Å². The quantitative estimate of drug-likeness (QED) is 0.708. The summed E-state index contributed by atoms with van der Waals surface area (Å²) >= 11 is 18.2. The first-order valence-corrected chi connectivity index (χ1v) is 8.12. The molecule has 1 aliphatic rings. The Morgan fingerprint density at radius 3 is 2.35 bits per heavy atom. The third-order valence-corrected chi connectivity index (χ3v) is 4.72. The highest BCUT2D eigenvalue weighted by Crippen LogP contribution is 2.43. The average molecular weight is 337 g/mol. The lowest BCUT2D eigenvalue weighted by atomic mass is 9.77. The largest absolute Gasteiger partial charge is 0.486 e. The maximum Gasteiger partial charge on any atom is 0.140 e. The molecule has 1 aromatic carbocycles. The molecule has 2 rings (SSSR count). The fourth-order valence-corrected chi connectivity index (χ4v) is 2.95. The van der Waals surface area contributed by atoms with Gasteiger partial charge in [0.15, 0.2) is 0 Å². The van der Waals surface area contributed by atoms with Crippen LogP contribution in [-0.4, -0.2) is 18.2 Å². The zero-order valence-corrected chi connectivity index (χ0v) is 14.1. The van der Waals surface area contributed by atoms with E-state index in [2.05, 4.69) is 19.2 Å². The average Bonchev–Trinajstić information content (AvgIpc) is 2.32. The minimum atomic E-state index is -0.108. The van der Waals surface area contributed by atoms with Gasteiger partial charge in [0.2, 0.25) is 0 Å². The Bertz CT molecular complexity index is 472. The lowest BCUT2D eigenvalue weighted by molar-refractivity contribution is -0.0144. The summed E-state index contributed by atoms with van der Waals surface area (Å²) in [4.78, 5) is 0. The number of rotatable bonds is 6. The molecule has 1 saturated carbocycles. The Hall–Kier alpha value is -0.150. The monoisotopic (exact) mass is 335 g/mol. The molecule has 0 aromatic heterocycles. The molecule has 0 amide bonds. The van der Waals surface area contributed by atoms with Gasteiger partial charge in [-0.1, -0.05) is 48.7 Å². The van der Waals surface area contributed by atoms with Gasteiger partial charge in [-0.15, -0.1) is 0 Å². The van der Waals surface area contributed by atoms with Gasteiger partial charge in [0.05, 0.1) is 15.1 Å². The number of hydrogen-bond donors (Lipinski definition) is 1. The summed E-state index contributed by atoms with van der Waals surface area (Å²) in [6, 6.07) is 3.84. The molecule has 1 aromatic rings. The van der Waals surface area contributed by atoms with Crippen LogP contribution in [-0.2, 0) is 0 Å². The maximum atomic E-state index is 6.19. The lowest BCUT2D eigenvalue weighted by Crippen LogP contribution is -2.46. The van der Waals surface area contributed by atoms with Gasteiger partial charge in [0.25, 0.3) is 0 Å². The van der Waals surface area contributed by atoms with Crippen LogP contribution in [0.3, 0.4) is 0 Å². The highest BCUT2D eigenvalue weighted by Gasteiger charge is 2.39. The van der Waals surface area contributed by atoms with E-state index in [1.54, 1.807) is 12.1 Å². The number of hydrogen-bond acceptors (Lipinski definition) is 2. The van der Waals surface area contributed by atoms with E-state index in [1.807, 2.05) is 0 Å². The summed E-state index contributed by atoms with van der Waals surface area (Å²) < 4.78 is 6.17. The van der Waals surface area contributed by atoms with Crippen molar-refractivity contribution in [3.05, 3.63) is 27.2 Å². The van der Waals surface area contributed by atoms with Crippen LogP contribution in [0.1, 0.15) is 39.5 Å². The summed E-state index contributed by atoms with van der Waals surface area (Å²) in [5.41, 5.74) is -0.108. The first kappa shape index (κ1) is 16.2. The third-order valence-electron chi connectivity index (χ3n) is 3.70. The van der Waals surface area contributed by atoms with Crippen molar-refractivity contribution in [1.82, 2.24) is 5.32 Å². The Morgan fingerprint density at radius 2 is 1.80 bits per heavy atom. The van der Waals surface area contributed by atoms with Gasteiger partial charge in [-0.05, 0) is 38.3 Å². The Labute approximate surface area is 135 Å². The number of ether oxygens (including phenoxy) is 1. The van der Waals surface area contributed by atoms with E-state index in [9.17, 15) is 0 Å². The summed E-state index contributed by atoms with van der Waals surface area (Å²) in [6.07, 6.45) is 4.29. The molecule has 0 heterocycles. The van der Waals surface area contributed by atoms with Crippen molar-refractivity contribution in [2.75, 3.05) is 6.54 Å². The molecular weight excluding hydrogens is 317 g/mol. The van der Waals surface area contributed by atoms with Gasteiger partial charge >= 0.3 is 0 Å². The first-order chi connectivity index (χ1) is 9.42. The van der Waals surface area contributed by atoms with E-state index in [4.69, 9.17) is 39.5 Å². The molecule has 5 heteroatoms. The molecule has 1 fully saturated rings. The van der Waals surface area contributed by atoms with Crippen molar-refractivity contribution in [1.29, 1.82) is 0 Å². The fourth-order valence-electron chi connectivity index (χ4n) is 2.38. The van der Waals surface area contributed by atoms with E-state index >= 15 is 0 Å². The lowest BCUT2D eigenvalue weighted by Gasteiger charge is -2.42. The van der Waals surface area contributed by atoms with Crippen molar-refractivity contribution in [3.8, 4) is 5.75 Å². The van der Waals surface area contributed by atoms with Gasteiger partial charge < -0.3 is 10.1 Å². The van der Waals surface area contributed by atoms with Gasteiger partial charge in [-0.2, -0.15) is 0 Å². The zero-order valence-electron chi connectivity index (χ0n) is 11.8. The van der Waals surface area contributed by atoms with Gasteiger partial charge in [-0.25, -0.2) is 0 Å². The van der Waals surface area contributed by atoms with E-state index in [1.165, 1.54) is 6.42 Å². The molecule has 1 N–H and O–H groups in total. The second kappa shape index (κ2) is 6.74. The minimum absolute atomic E-state index is 0.108. The Morgan fingerprint density at radius 1 is 1.15 bits per heavy atom. The summed E-state index contributed by atoms with van der Waals surface area (Å²) in [6.45, 7) is 5.23. The molecule has 112 valence electrons. The third kappa shape index (κ3) is 3.94. The van der Waals surface area contributed by atoms with E-state index in [0.29, 0.717) is 26.9 Å². The van der Waals surface area contributed by atoms with Crippen molar-refractivity contribution >= 4 is 34.8 Å². The molecule has 20 heavy (non-hydrogen) atoms. The maximum absolute atomic E-state index is 6.19. The van der Waals surface area contributed by atoms with Crippen LogP contribution in [0, 0.1) is 0 Å². The van der Waals surface area contributed by atoms with Crippen LogP contribution in [0.25, 0.3) is 0 Å². The summed E-state index contributed by atoms with van der Waals surface area (Å²) in [7, 11) is 0. The molecule has 0 radical (unpaired) electrons. The smallest absolute Gasteiger partial charge is 0.140 e. The number of benzene rings is 1. The second-order valence-electron chi connectivity index (χ2n) is 5.69. The highest BCUT2D eigenvalue weighted by molar-refractivity contribution is 6.43. The topological polar surface area (TPSA) is 21.3 Å². The predicted molar refractivity (Wildman–Crippen MR) is 86.4 cm³/mol. The molecule has 1 aliphatic carbocycles. The predicted octanol–water partition coefficient (Wildman–Crippen LogP) is 5.34. The summed E-state index contributed by atoms with van der Waals surface area (Å²) in [5.74, 6) is 0.630. The van der Waals surface area contributed by atoms with Gasteiger partial charge in [0.1, 0.15) is 11.4 Å². The number of halogens is 3. The van der Waals surface area contributed by atoms with Crippen LogP contribution in [0.15, 0.2) is 12.1 Å². The molecule has 0 bridgehead atoms. The van der Waals surface area contributed by atoms with Crippen LogP contribution >= 0.6 is 34.8 Å². The van der Waals surface area contributed by atoms with Crippen molar-refractivity contribution < 1.29 is 4.74 Å². The molecule has 0 spiro atoms. The SMILES string of the molecule is CC(C)NCCC1(Oc2cc(Cl)c(Cl)cc2Cl)CCC1. The summed E-state index contributed by atoms with van der Waals surface area (Å²) in [5, 5.41) is 4.87. The molecule has 0 atom stereocenters. The normalized spacial score (nSPS) is 17.1. The van der Waals surface area contributed by atoms with Crippen LogP contribution in [0.5, 0.6) is 5.75 Å². The van der Waals surface area contributed by atoms with E-state index in [0.717, 1.165) is 25.8 Å². The molecule has 0 unspecified atom stereocenters. The molecule has 0 saturated heterocycles.